The average Bonchev–Trinajstić information content (AvgIpc) is 2.82. The van der Waals surface area contributed by atoms with Crippen LogP contribution in [0.4, 0.5) is 0 Å². The third-order valence-corrected chi connectivity index (χ3v) is 6.59. The smallest absolute Gasteiger partial charge is 0.323 e. The van der Waals surface area contributed by atoms with E-state index in [0.717, 1.165) is 30.1 Å². The van der Waals surface area contributed by atoms with Gasteiger partial charge in [-0.25, -0.2) is 0 Å². The molecule has 0 unspecified atom stereocenters. The predicted octanol–water partition coefficient (Wildman–Crippen LogP) is 2.72. The minimum Gasteiger partial charge on any atom is -0.468 e. The second-order valence-corrected chi connectivity index (χ2v) is 6.42. The molecule has 0 N–H and O–H groups in total. The van der Waals surface area contributed by atoms with Crippen molar-refractivity contribution in [3.8, 4) is 0 Å². The summed E-state index contributed by atoms with van der Waals surface area (Å²) in [5, 5.41) is 0. The van der Waals surface area contributed by atoms with Gasteiger partial charge in [-0.15, -0.1) is 0 Å². The summed E-state index contributed by atoms with van der Waals surface area (Å²) in [7, 11) is 2.73. The summed E-state index contributed by atoms with van der Waals surface area (Å²) < 4.78 is 10.8. The van der Waals surface area contributed by atoms with E-state index in [1.807, 2.05) is 0 Å². The summed E-state index contributed by atoms with van der Waals surface area (Å²) in [6.45, 7) is 0. The van der Waals surface area contributed by atoms with Crippen molar-refractivity contribution in [2.75, 3.05) is 18.6 Å². The molecule has 2 rings (SSSR count). The van der Waals surface area contributed by atoms with Gasteiger partial charge in [0.2, 0.25) is 0 Å². The van der Waals surface area contributed by atoms with E-state index < -0.39 is 17.4 Å². The summed E-state index contributed by atoms with van der Waals surface area (Å²) in [6.07, 6.45) is 5.80. The molecule has 0 aromatic carbocycles. The van der Waals surface area contributed by atoms with Crippen molar-refractivity contribution in [3.05, 3.63) is 0 Å². The van der Waals surface area contributed by atoms with Crippen LogP contribution in [0, 0.1) is 16.7 Å². The van der Waals surface area contributed by atoms with E-state index in [4.69, 9.17) is 9.47 Å². The van der Waals surface area contributed by atoms with E-state index in [-0.39, 0.29) is 5.41 Å². The molecule has 2 aliphatic rings. The molecule has 5 heteroatoms. The highest BCUT2D eigenvalue weighted by molar-refractivity contribution is 14.1. The molecule has 0 spiro atoms. The number of carbonyl (C=O) groups is 2. The lowest BCUT2D eigenvalue weighted by Gasteiger charge is -2.46. The molecule has 0 bridgehead atoms. The van der Waals surface area contributed by atoms with Crippen LogP contribution in [0.2, 0.25) is 0 Å². The quantitative estimate of drug-likeness (QED) is 0.327. The Morgan fingerprint density at radius 2 is 1.74 bits per heavy atom. The number of fused-ring (bicyclic) bond motifs is 1. The number of methoxy groups -OCH3 is 2. The summed E-state index contributed by atoms with van der Waals surface area (Å²) in [5.41, 5.74) is -1.35. The van der Waals surface area contributed by atoms with Gasteiger partial charge in [-0.3, -0.25) is 9.59 Å². The molecule has 2 fully saturated rings. The van der Waals surface area contributed by atoms with Gasteiger partial charge < -0.3 is 9.47 Å². The minimum atomic E-state index is -1.08. The van der Waals surface area contributed by atoms with Gasteiger partial charge in [-0.05, 0) is 31.6 Å². The molecule has 0 saturated heterocycles. The number of hydrogen-bond acceptors (Lipinski definition) is 4. The summed E-state index contributed by atoms with van der Waals surface area (Å²) in [5.74, 6) is -0.364. The van der Waals surface area contributed by atoms with Crippen molar-refractivity contribution >= 4 is 34.5 Å². The summed E-state index contributed by atoms with van der Waals surface area (Å²) >= 11 is 2.32. The minimum absolute atomic E-state index is 0.272. The van der Waals surface area contributed by atoms with Crippen LogP contribution in [0.5, 0.6) is 0 Å². The van der Waals surface area contributed by atoms with Crippen LogP contribution in [0.15, 0.2) is 0 Å². The van der Waals surface area contributed by atoms with Crippen molar-refractivity contribution in [2.45, 2.75) is 38.5 Å². The Hall–Kier alpha value is -0.330. The standard InChI is InChI=1S/C14H21IO4/c1-18-11(16)14(12(17)19-2)8-6-10-5-3-4-7-13(10,14)9-15/h10H,3-9H2,1-2H3/t10-,13+/m0/s1. The fourth-order valence-electron chi connectivity index (χ4n) is 4.27. The maximum absolute atomic E-state index is 12.4. The zero-order valence-corrected chi connectivity index (χ0v) is 13.7. The number of carbonyl (C=O) groups excluding carboxylic acids is 2. The molecule has 2 saturated carbocycles. The van der Waals surface area contributed by atoms with E-state index in [1.54, 1.807) is 0 Å². The molecule has 19 heavy (non-hydrogen) atoms. The molecule has 2 atom stereocenters. The second-order valence-electron chi connectivity index (χ2n) is 5.66. The molecule has 108 valence electrons. The molecular formula is C14H21IO4. The number of rotatable bonds is 3. The molecule has 2 aliphatic carbocycles. The molecule has 0 amide bonds. The lowest BCUT2D eigenvalue weighted by atomic mass is 9.58. The highest BCUT2D eigenvalue weighted by Crippen LogP contribution is 2.64. The first-order chi connectivity index (χ1) is 9.09. The Bertz CT molecular complexity index is 366. The van der Waals surface area contributed by atoms with Crippen LogP contribution in [-0.2, 0) is 19.1 Å². The zero-order chi connectivity index (χ0) is 14.1. The number of alkyl halides is 1. The molecule has 0 aromatic heterocycles. The lowest BCUT2D eigenvalue weighted by Crippen LogP contribution is -2.55. The highest BCUT2D eigenvalue weighted by atomic mass is 127. The van der Waals surface area contributed by atoms with E-state index in [2.05, 4.69) is 22.6 Å². The first kappa shape index (κ1) is 15.1. The average molecular weight is 380 g/mol. The molecular weight excluding hydrogens is 359 g/mol. The Morgan fingerprint density at radius 1 is 1.11 bits per heavy atom. The van der Waals surface area contributed by atoms with Gasteiger partial charge in [0.25, 0.3) is 0 Å². The Balaban J connectivity index is 2.52. The normalized spacial score (nSPS) is 32.5. The second kappa shape index (κ2) is 5.58. The van der Waals surface area contributed by atoms with Crippen LogP contribution < -0.4 is 0 Å². The number of halogens is 1. The lowest BCUT2D eigenvalue weighted by molar-refractivity contribution is -0.179. The summed E-state index contributed by atoms with van der Waals surface area (Å²) in [6, 6.07) is 0. The van der Waals surface area contributed by atoms with Crippen LogP contribution in [0.3, 0.4) is 0 Å². The fourth-order valence-corrected chi connectivity index (χ4v) is 5.92. The summed E-state index contributed by atoms with van der Waals surface area (Å²) in [4.78, 5) is 24.9. The van der Waals surface area contributed by atoms with Gasteiger partial charge in [0.15, 0.2) is 5.41 Å². The van der Waals surface area contributed by atoms with Gasteiger partial charge in [0.05, 0.1) is 14.2 Å². The molecule has 0 aromatic rings. The largest absolute Gasteiger partial charge is 0.468 e. The zero-order valence-electron chi connectivity index (χ0n) is 11.5. The van der Waals surface area contributed by atoms with E-state index in [0.29, 0.717) is 12.3 Å². The number of esters is 2. The third kappa shape index (κ3) is 1.91. The maximum Gasteiger partial charge on any atom is 0.323 e. The third-order valence-electron chi connectivity index (χ3n) is 5.23. The fraction of sp³-hybridized carbons (Fsp3) is 0.857. The SMILES string of the molecule is COC(=O)C1(C(=O)OC)CC[C@@H]2CCCC[C@@]21CI. The molecule has 0 heterocycles. The highest BCUT2D eigenvalue weighted by Gasteiger charge is 2.69. The number of ether oxygens (including phenoxy) is 2. The van der Waals surface area contributed by atoms with Gasteiger partial charge in [0, 0.05) is 9.84 Å². The first-order valence-corrected chi connectivity index (χ1v) is 8.34. The molecule has 0 aliphatic heterocycles. The Labute approximate surface area is 127 Å². The Morgan fingerprint density at radius 3 is 2.26 bits per heavy atom. The van der Waals surface area contributed by atoms with Crippen molar-refractivity contribution in [2.24, 2.45) is 16.7 Å². The van der Waals surface area contributed by atoms with E-state index >= 15 is 0 Å². The van der Waals surface area contributed by atoms with Gasteiger partial charge in [-0.2, -0.15) is 0 Å². The van der Waals surface area contributed by atoms with E-state index in [9.17, 15) is 9.59 Å². The van der Waals surface area contributed by atoms with Gasteiger partial charge in [-0.1, -0.05) is 35.4 Å². The number of hydrogen-bond donors (Lipinski definition) is 0. The predicted molar refractivity (Wildman–Crippen MR) is 79.0 cm³/mol. The van der Waals surface area contributed by atoms with Gasteiger partial charge in [0.1, 0.15) is 0 Å². The van der Waals surface area contributed by atoms with Crippen molar-refractivity contribution < 1.29 is 19.1 Å². The van der Waals surface area contributed by atoms with Crippen molar-refractivity contribution in [1.29, 1.82) is 0 Å². The van der Waals surface area contributed by atoms with Crippen molar-refractivity contribution in [3.63, 3.8) is 0 Å². The van der Waals surface area contributed by atoms with Crippen LogP contribution >= 0.6 is 22.6 Å². The Kier molecular flexibility index (Phi) is 4.42. The first-order valence-electron chi connectivity index (χ1n) is 6.82. The maximum atomic E-state index is 12.4. The monoisotopic (exact) mass is 380 g/mol. The van der Waals surface area contributed by atoms with Crippen LogP contribution in [0.25, 0.3) is 0 Å². The topological polar surface area (TPSA) is 52.6 Å². The van der Waals surface area contributed by atoms with E-state index in [1.165, 1.54) is 20.6 Å². The molecule has 0 radical (unpaired) electrons. The van der Waals surface area contributed by atoms with Crippen LogP contribution in [-0.4, -0.2) is 30.6 Å². The van der Waals surface area contributed by atoms with Crippen molar-refractivity contribution in [1.82, 2.24) is 0 Å². The molecule has 4 nitrogen and oxygen atoms in total. The van der Waals surface area contributed by atoms with Gasteiger partial charge >= 0.3 is 11.9 Å². The van der Waals surface area contributed by atoms with Crippen LogP contribution in [0.1, 0.15) is 38.5 Å².